The Morgan fingerprint density at radius 3 is 2.85 bits per heavy atom. The van der Waals surface area contributed by atoms with Crippen LogP contribution in [0.5, 0.6) is 0 Å². The number of aromatic nitrogens is 2. The number of benzene rings is 1. The summed E-state index contributed by atoms with van der Waals surface area (Å²) in [6, 6.07) is 5.70. The van der Waals surface area contributed by atoms with Crippen LogP contribution in [0, 0.1) is 0 Å². The van der Waals surface area contributed by atoms with Gasteiger partial charge in [-0.1, -0.05) is 23.7 Å². The average molecular weight is 313 g/mol. The molecule has 7 heteroatoms. The maximum absolute atomic E-state index is 12.6. The number of aryl methyl sites for hydroxylation is 1. The molecular formula is C13H15ClN3O2S+. The van der Waals surface area contributed by atoms with Crippen LogP contribution in [0.25, 0.3) is 0 Å². The van der Waals surface area contributed by atoms with Crippen LogP contribution in [0.15, 0.2) is 36.9 Å². The Hall–Kier alpha value is -1.37. The Morgan fingerprint density at radius 1 is 1.35 bits per heavy atom. The first-order chi connectivity index (χ1) is 9.48. The van der Waals surface area contributed by atoms with Crippen LogP contribution < -0.4 is 4.57 Å². The number of fused-ring (bicyclic) bond motifs is 1. The topological polar surface area (TPSA) is 46.2 Å². The predicted octanol–water partition coefficient (Wildman–Crippen LogP) is 1.12. The van der Waals surface area contributed by atoms with E-state index in [1.807, 2.05) is 12.1 Å². The molecule has 2 aromatic rings. The second kappa shape index (κ2) is 4.87. The number of rotatable bonds is 2. The van der Waals surface area contributed by atoms with Crippen LogP contribution >= 0.6 is 11.6 Å². The van der Waals surface area contributed by atoms with Crippen molar-refractivity contribution in [3.63, 3.8) is 0 Å². The molecule has 5 nitrogen and oxygen atoms in total. The third-order valence-electron chi connectivity index (χ3n) is 3.52. The van der Waals surface area contributed by atoms with Crippen molar-refractivity contribution in [2.24, 2.45) is 7.05 Å². The van der Waals surface area contributed by atoms with Crippen molar-refractivity contribution in [1.29, 1.82) is 0 Å². The molecule has 2 heterocycles. The lowest BCUT2D eigenvalue weighted by molar-refractivity contribution is -0.670. The normalized spacial score (nSPS) is 16.1. The van der Waals surface area contributed by atoms with E-state index in [1.165, 1.54) is 20.8 Å². The molecule has 0 N–H and O–H groups in total. The van der Waals surface area contributed by atoms with Gasteiger partial charge in [0.25, 0.3) is 6.33 Å². The molecule has 1 aromatic carbocycles. The molecular weight excluding hydrogens is 298 g/mol. The molecule has 1 aromatic heterocycles. The average Bonchev–Trinajstić information content (AvgIpc) is 2.86. The second-order valence-corrected chi connectivity index (χ2v) is 7.12. The van der Waals surface area contributed by atoms with Crippen molar-refractivity contribution in [3.8, 4) is 0 Å². The zero-order chi connectivity index (χ0) is 14.3. The Labute approximate surface area is 123 Å². The zero-order valence-electron chi connectivity index (χ0n) is 11.0. The Bertz CT molecular complexity index is 755. The lowest BCUT2D eigenvalue weighted by Gasteiger charge is -2.26. The molecule has 0 amide bonds. The maximum atomic E-state index is 12.6. The Morgan fingerprint density at radius 2 is 2.15 bits per heavy atom. The summed E-state index contributed by atoms with van der Waals surface area (Å²) in [5.41, 5.74) is 2.03. The van der Waals surface area contributed by atoms with Crippen molar-refractivity contribution < 1.29 is 13.0 Å². The summed E-state index contributed by atoms with van der Waals surface area (Å²) in [5, 5.41) is 0.625. The van der Waals surface area contributed by atoms with Crippen molar-refractivity contribution in [2.75, 3.05) is 6.54 Å². The van der Waals surface area contributed by atoms with E-state index >= 15 is 0 Å². The summed E-state index contributed by atoms with van der Waals surface area (Å²) in [7, 11) is -1.74. The minimum atomic E-state index is -3.53. The van der Waals surface area contributed by atoms with Crippen LogP contribution in [0.3, 0.4) is 0 Å². The Kier molecular flexibility index (Phi) is 3.32. The van der Waals surface area contributed by atoms with E-state index in [-0.39, 0.29) is 0 Å². The third kappa shape index (κ3) is 2.24. The van der Waals surface area contributed by atoms with Gasteiger partial charge in [-0.15, -0.1) is 3.97 Å². The SMILES string of the molecule is C[n+]1ccn(S(=O)(=O)N2CCc3cccc(Cl)c3C2)c1. The summed E-state index contributed by atoms with van der Waals surface area (Å²) in [4.78, 5) is 0. The van der Waals surface area contributed by atoms with Gasteiger partial charge in [0.05, 0.1) is 7.05 Å². The highest BCUT2D eigenvalue weighted by Gasteiger charge is 2.32. The first-order valence-corrected chi connectivity index (χ1v) is 8.06. The summed E-state index contributed by atoms with van der Waals surface area (Å²) in [6.45, 7) is 0.788. The smallest absolute Gasteiger partial charge is 0.238 e. The van der Waals surface area contributed by atoms with Gasteiger partial charge in [-0.3, -0.25) is 0 Å². The largest absolute Gasteiger partial charge is 0.380 e. The summed E-state index contributed by atoms with van der Waals surface area (Å²) >= 11 is 6.18. The highest BCUT2D eigenvalue weighted by molar-refractivity contribution is 7.87. The summed E-state index contributed by atoms with van der Waals surface area (Å²) < 4.78 is 29.5. The van der Waals surface area contributed by atoms with E-state index in [1.54, 1.807) is 23.9 Å². The van der Waals surface area contributed by atoms with E-state index in [4.69, 9.17) is 11.6 Å². The van der Waals surface area contributed by atoms with E-state index in [9.17, 15) is 8.42 Å². The Balaban J connectivity index is 1.96. The molecule has 20 heavy (non-hydrogen) atoms. The van der Waals surface area contributed by atoms with Gasteiger partial charge in [0.1, 0.15) is 12.4 Å². The highest BCUT2D eigenvalue weighted by Crippen LogP contribution is 2.27. The van der Waals surface area contributed by atoms with Crippen LogP contribution in [0.2, 0.25) is 5.02 Å². The lowest BCUT2D eigenvalue weighted by atomic mass is 10.0. The first-order valence-electron chi connectivity index (χ1n) is 6.28. The molecule has 0 bridgehead atoms. The van der Waals surface area contributed by atoms with Gasteiger partial charge in [-0.05, 0) is 23.6 Å². The maximum Gasteiger partial charge on any atom is 0.380 e. The molecule has 0 unspecified atom stereocenters. The number of hydrogen-bond donors (Lipinski definition) is 0. The van der Waals surface area contributed by atoms with Gasteiger partial charge in [-0.2, -0.15) is 12.7 Å². The molecule has 106 valence electrons. The van der Waals surface area contributed by atoms with Gasteiger partial charge >= 0.3 is 10.2 Å². The van der Waals surface area contributed by atoms with Gasteiger partial charge in [0.2, 0.25) is 0 Å². The molecule has 0 atom stereocenters. The van der Waals surface area contributed by atoms with Crippen molar-refractivity contribution >= 4 is 21.8 Å². The molecule has 0 spiro atoms. The predicted molar refractivity (Wildman–Crippen MR) is 75.5 cm³/mol. The molecule has 0 saturated heterocycles. The fourth-order valence-corrected chi connectivity index (χ4v) is 4.02. The minimum absolute atomic E-state index is 0.319. The molecule has 0 aliphatic carbocycles. The third-order valence-corrected chi connectivity index (χ3v) is 5.59. The van der Waals surface area contributed by atoms with E-state index in [0.29, 0.717) is 24.5 Å². The number of nitrogens with zero attached hydrogens (tertiary/aromatic N) is 3. The summed E-state index contributed by atoms with van der Waals surface area (Å²) in [5.74, 6) is 0. The zero-order valence-corrected chi connectivity index (χ0v) is 12.6. The van der Waals surface area contributed by atoms with Crippen LogP contribution in [0.1, 0.15) is 11.1 Å². The monoisotopic (exact) mass is 312 g/mol. The highest BCUT2D eigenvalue weighted by atomic mass is 35.5. The quantitative estimate of drug-likeness (QED) is 0.780. The van der Waals surface area contributed by atoms with Crippen molar-refractivity contribution in [2.45, 2.75) is 13.0 Å². The molecule has 3 rings (SSSR count). The van der Waals surface area contributed by atoms with E-state index < -0.39 is 10.2 Å². The van der Waals surface area contributed by atoms with Crippen LogP contribution in [0.4, 0.5) is 0 Å². The van der Waals surface area contributed by atoms with Crippen molar-refractivity contribution in [3.05, 3.63) is 53.1 Å². The van der Waals surface area contributed by atoms with Crippen LogP contribution in [-0.2, 0) is 30.2 Å². The molecule has 0 fully saturated rings. The van der Waals surface area contributed by atoms with Gasteiger partial charge in [0.15, 0.2) is 0 Å². The molecule has 1 aliphatic heterocycles. The molecule has 0 saturated carbocycles. The number of halogens is 1. The second-order valence-electron chi connectivity index (χ2n) is 4.88. The number of imidazole rings is 1. The molecule has 0 radical (unpaired) electrons. The lowest BCUT2D eigenvalue weighted by Crippen LogP contribution is -2.39. The van der Waals surface area contributed by atoms with E-state index in [0.717, 1.165) is 11.1 Å². The van der Waals surface area contributed by atoms with Gasteiger partial charge in [0, 0.05) is 18.1 Å². The summed E-state index contributed by atoms with van der Waals surface area (Å²) in [6.07, 6.45) is 5.46. The minimum Gasteiger partial charge on any atom is -0.238 e. The fraction of sp³-hybridized carbons (Fsp3) is 0.308. The van der Waals surface area contributed by atoms with Crippen LogP contribution in [-0.4, -0.2) is 23.2 Å². The fourth-order valence-electron chi connectivity index (χ4n) is 2.41. The van der Waals surface area contributed by atoms with Gasteiger partial charge < -0.3 is 0 Å². The van der Waals surface area contributed by atoms with E-state index in [2.05, 4.69) is 0 Å². The number of hydrogen-bond acceptors (Lipinski definition) is 2. The standard InChI is InChI=1S/C13H15ClN3O2S/c1-15-7-8-17(10-15)20(18,19)16-6-5-11-3-2-4-13(14)12(11)9-16/h2-4,7-8,10H,5-6,9H2,1H3/q+1. The van der Waals surface area contributed by atoms with Crippen molar-refractivity contribution in [1.82, 2.24) is 8.28 Å². The first kappa shape index (κ1) is 13.6. The molecule has 1 aliphatic rings. The van der Waals surface area contributed by atoms with Gasteiger partial charge in [-0.25, -0.2) is 4.57 Å².